The van der Waals surface area contributed by atoms with Gasteiger partial charge in [-0.1, -0.05) is 12.1 Å². The number of hydrogen-bond acceptors (Lipinski definition) is 3. The Morgan fingerprint density at radius 3 is 2.65 bits per heavy atom. The van der Waals surface area contributed by atoms with E-state index in [1.807, 2.05) is 25.1 Å². The molecule has 2 aromatic rings. The number of hydrogen-bond donors (Lipinski definition) is 1. The van der Waals surface area contributed by atoms with Gasteiger partial charge in [-0.15, -0.1) is 0 Å². The van der Waals surface area contributed by atoms with E-state index in [0.29, 0.717) is 12.2 Å². The average molecular weight is 274 g/mol. The Balaban J connectivity index is 2.26. The monoisotopic (exact) mass is 274 g/mol. The number of nitrogens with two attached hydrogens (primary N) is 1. The Hall–Kier alpha value is -2.23. The van der Waals surface area contributed by atoms with Crippen LogP contribution in [0.5, 0.6) is 5.75 Å². The molecular formula is C16H19FN2O. The van der Waals surface area contributed by atoms with E-state index in [-0.39, 0.29) is 5.82 Å². The summed E-state index contributed by atoms with van der Waals surface area (Å²) < 4.78 is 18.7. The third-order valence-corrected chi connectivity index (χ3v) is 3.23. The minimum atomic E-state index is -0.231. The van der Waals surface area contributed by atoms with Crippen molar-refractivity contribution in [1.82, 2.24) is 0 Å². The first kappa shape index (κ1) is 14.2. The number of nitrogen functional groups attached to an aromatic ring is 1. The molecule has 0 aromatic heterocycles. The van der Waals surface area contributed by atoms with Gasteiger partial charge in [0.1, 0.15) is 11.6 Å². The fourth-order valence-electron chi connectivity index (χ4n) is 2.16. The highest BCUT2D eigenvalue weighted by atomic mass is 19.1. The van der Waals surface area contributed by atoms with E-state index < -0.39 is 0 Å². The molecule has 0 aliphatic carbocycles. The molecule has 4 heteroatoms. The summed E-state index contributed by atoms with van der Waals surface area (Å²) in [7, 11) is 1.62. The highest BCUT2D eigenvalue weighted by molar-refractivity contribution is 5.52. The van der Waals surface area contributed by atoms with Gasteiger partial charge in [-0.25, -0.2) is 4.39 Å². The van der Waals surface area contributed by atoms with Gasteiger partial charge in [0.05, 0.1) is 7.11 Å². The van der Waals surface area contributed by atoms with Gasteiger partial charge in [0.15, 0.2) is 0 Å². The molecule has 0 bridgehead atoms. The van der Waals surface area contributed by atoms with Crippen LogP contribution in [-0.2, 0) is 6.54 Å². The van der Waals surface area contributed by atoms with Gasteiger partial charge < -0.3 is 15.4 Å². The number of nitrogens with zero attached hydrogens (tertiary/aromatic N) is 1. The zero-order valence-corrected chi connectivity index (χ0v) is 11.8. The van der Waals surface area contributed by atoms with Crippen molar-refractivity contribution in [2.75, 3.05) is 24.3 Å². The highest BCUT2D eigenvalue weighted by Crippen LogP contribution is 2.25. The Labute approximate surface area is 118 Å². The van der Waals surface area contributed by atoms with E-state index >= 15 is 0 Å². The molecule has 20 heavy (non-hydrogen) atoms. The minimum absolute atomic E-state index is 0.231. The molecule has 0 fully saturated rings. The zero-order chi connectivity index (χ0) is 14.5. The summed E-state index contributed by atoms with van der Waals surface area (Å²) in [5, 5.41) is 0. The molecule has 3 nitrogen and oxygen atoms in total. The Morgan fingerprint density at radius 1 is 1.20 bits per heavy atom. The number of anilines is 2. The first-order valence-electron chi connectivity index (χ1n) is 6.57. The molecule has 0 unspecified atom stereocenters. The standard InChI is InChI=1S/C16H19FN2O/c1-3-19(15-6-4-5-13(17)9-15)11-12-7-8-14(18)10-16(12)20-2/h4-10H,3,11,18H2,1-2H3. The SMILES string of the molecule is CCN(Cc1ccc(N)cc1OC)c1cccc(F)c1. The van der Waals surface area contributed by atoms with Crippen molar-refractivity contribution in [3.05, 3.63) is 53.8 Å². The first-order valence-corrected chi connectivity index (χ1v) is 6.57. The van der Waals surface area contributed by atoms with Crippen molar-refractivity contribution in [2.45, 2.75) is 13.5 Å². The Kier molecular flexibility index (Phi) is 4.45. The van der Waals surface area contributed by atoms with Crippen LogP contribution in [0.25, 0.3) is 0 Å². The second-order valence-corrected chi connectivity index (χ2v) is 4.57. The molecule has 0 saturated carbocycles. The molecule has 0 aliphatic heterocycles. The number of halogens is 1. The topological polar surface area (TPSA) is 38.5 Å². The van der Waals surface area contributed by atoms with Gasteiger partial charge in [-0.3, -0.25) is 0 Å². The average Bonchev–Trinajstić information content (AvgIpc) is 2.45. The number of ether oxygens (including phenoxy) is 1. The quantitative estimate of drug-likeness (QED) is 0.849. The molecule has 2 aromatic carbocycles. The lowest BCUT2D eigenvalue weighted by molar-refractivity contribution is 0.409. The lowest BCUT2D eigenvalue weighted by atomic mass is 10.1. The van der Waals surface area contributed by atoms with Gasteiger partial charge in [0.25, 0.3) is 0 Å². The summed E-state index contributed by atoms with van der Waals surface area (Å²) >= 11 is 0. The summed E-state index contributed by atoms with van der Waals surface area (Å²) in [5.74, 6) is 0.519. The molecule has 0 aliphatic rings. The van der Waals surface area contributed by atoms with Crippen molar-refractivity contribution < 1.29 is 9.13 Å². The van der Waals surface area contributed by atoms with E-state index in [0.717, 1.165) is 23.5 Å². The van der Waals surface area contributed by atoms with Crippen LogP contribution in [0.15, 0.2) is 42.5 Å². The van der Waals surface area contributed by atoms with Crippen molar-refractivity contribution in [3.8, 4) is 5.75 Å². The molecule has 2 N–H and O–H groups in total. The number of methoxy groups -OCH3 is 1. The molecule has 0 heterocycles. The molecule has 0 amide bonds. The third-order valence-electron chi connectivity index (χ3n) is 3.23. The minimum Gasteiger partial charge on any atom is -0.496 e. The van der Waals surface area contributed by atoms with Crippen molar-refractivity contribution >= 4 is 11.4 Å². The highest BCUT2D eigenvalue weighted by Gasteiger charge is 2.10. The van der Waals surface area contributed by atoms with E-state index in [1.54, 1.807) is 19.2 Å². The molecule has 2 rings (SSSR count). The summed E-state index contributed by atoms with van der Waals surface area (Å²) in [4.78, 5) is 2.08. The van der Waals surface area contributed by atoms with Crippen molar-refractivity contribution in [1.29, 1.82) is 0 Å². The summed E-state index contributed by atoms with van der Waals surface area (Å²) in [6, 6.07) is 12.2. The van der Waals surface area contributed by atoms with Crippen molar-refractivity contribution in [2.24, 2.45) is 0 Å². The Bertz CT molecular complexity index is 586. The van der Waals surface area contributed by atoms with Crippen LogP contribution in [0.1, 0.15) is 12.5 Å². The second-order valence-electron chi connectivity index (χ2n) is 4.57. The number of rotatable bonds is 5. The summed E-state index contributed by atoms with van der Waals surface area (Å²) in [6.45, 7) is 3.45. The van der Waals surface area contributed by atoms with Crippen LogP contribution in [0, 0.1) is 5.82 Å². The molecule has 0 spiro atoms. The predicted octanol–water partition coefficient (Wildman–Crippen LogP) is 3.44. The smallest absolute Gasteiger partial charge is 0.125 e. The van der Waals surface area contributed by atoms with E-state index in [9.17, 15) is 4.39 Å². The fraction of sp³-hybridized carbons (Fsp3) is 0.250. The van der Waals surface area contributed by atoms with E-state index in [1.165, 1.54) is 12.1 Å². The van der Waals surface area contributed by atoms with Crippen LogP contribution in [0.2, 0.25) is 0 Å². The van der Waals surface area contributed by atoms with Gasteiger partial charge in [-0.2, -0.15) is 0 Å². The summed E-state index contributed by atoms with van der Waals surface area (Å²) in [6.07, 6.45) is 0. The molecular weight excluding hydrogens is 255 g/mol. The van der Waals surface area contributed by atoms with Crippen LogP contribution >= 0.6 is 0 Å². The predicted molar refractivity (Wildman–Crippen MR) is 80.5 cm³/mol. The van der Waals surface area contributed by atoms with Gasteiger partial charge in [0, 0.05) is 36.1 Å². The van der Waals surface area contributed by atoms with Crippen LogP contribution < -0.4 is 15.4 Å². The first-order chi connectivity index (χ1) is 9.63. The maximum Gasteiger partial charge on any atom is 0.125 e. The lowest BCUT2D eigenvalue weighted by Gasteiger charge is -2.24. The van der Waals surface area contributed by atoms with Crippen molar-refractivity contribution in [3.63, 3.8) is 0 Å². The second kappa shape index (κ2) is 6.28. The fourth-order valence-corrected chi connectivity index (χ4v) is 2.16. The Morgan fingerprint density at radius 2 is 2.00 bits per heavy atom. The maximum absolute atomic E-state index is 13.3. The molecule has 106 valence electrons. The van der Waals surface area contributed by atoms with Crippen LogP contribution in [0.3, 0.4) is 0 Å². The van der Waals surface area contributed by atoms with Crippen LogP contribution in [0.4, 0.5) is 15.8 Å². The normalized spacial score (nSPS) is 10.3. The third kappa shape index (κ3) is 3.20. The molecule has 0 radical (unpaired) electrons. The lowest BCUT2D eigenvalue weighted by Crippen LogP contribution is -2.22. The van der Waals surface area contributed by atoms with Gasteiger partial charge >= 0.3 is 0 Å². The maximum atomic E-state index is 13.3. The molecule has 0 atom stereocenters. The van der Waals surface area contributed by atoms with Gasteiger partial charge in [-0.05, 0) is 31.2 Å². The van der Waals surface area contributed by atoms with Gasteiger partial charge in [0.2, 0.25) is 0 Å². The molecule has 0 saturated heterocycles. The summed E-state index contributed by atoms with van der Waals surface area (Å²) in [5.41, 5.74) is 8.29. The largest absolute Gasteiger partial charge is 0.496 e. The van der Waals surface area contributed by atoms with E-state index in [2.05, 4.69) is 4.90 Å². The zero-order valence-electron chi connectivity index (χ0n) is 11.8. The van der Waals surface area contributed by atoms with E-state index in [4.69, 9.17) is 10.5 Å². The van der Waals surface area contributed by atoms with Crippen LogP contribution in [-0.4, -0.2) is 13.7 Å². The number of benzene rings is 2.